The summed E-state index contributed by atoms with van der Waals surface area (Å²) >= 11 is 0. The van der Waals surface area contributed by atoms with Gasteiger partial charge in [-0.3, -0.25) is 4.79 Å². The summed E-state index contributed by atoms with van der Waals surface area (Å²) in [6.45, 7) is 2.73. The van der Waals surface area contributed by atoms with Crippen molar-refractivity contribution < 1.29 is 9.18 Å². The van der Waals surface area contributed by atoms with Crippen LogP contribution in [0.5, 0.6) is 0 Å². The Labute approximate surface area is 130 Å². The summed E-state index contributed by atoms with van der Waals surface area (Å²) in [6, 6.07) is 6.97. The second-order valence-electron chi connectivity index (χ2n) is 7.19. The molecule has 3 fully saturated rings. The van der Waals surface area contributed by atoms with Gasteiger partial charge in [-0.1, -0.05) is 12.1 Å². The van der Waals surface area contributed by atoms with Gasteiger partial charge in [0.25, 0.3) is 0 Å². The zero-order chi connectivity index (χ0) is 15.2. The number of carbonyl (C=O) groups is 1. The molecule has 1 saturated heterocycles. The van der Waals surface area contributed by atoms with Crippen LogP contribution in [0.3, 0.4) is 0 Å². The summed E-state index contributed by atoms with van der Waals surface area (Å²) < 4.78 is 13.0. The van der Waals surface area contributed by atoms with E-state index in [0.29, 0.717) is 18.5 Å². The summed E-state index contributed by atoms with van der Waals surface area (Å²) in [4.78, 5) is 15.0. The van der Waals surface area contributed by atoms with Crippen LogP contribution in [-0.4, -0.2) is 29.9 Å². The minimum atomic E-state index is -0.219. The molecule has 118 valence electrons. The molecule has 3 nitrogen and oxygen atoms in total. The lowest BCUT2D eigenvalue weighted by Gasteiger charge is -2.27. The number of hydrogen-bond donors (Lipinski definition) is 1. The third-order valence-electron chi connectivity index (χ3n) is 5.62. The van der Waals surface area contributed by atoms with Crippen LogP contribution in [0.1, 0.15) is 37.7 Å². The Morgan fingerprint density at radius 1 is 1.23 bits per heavy atom. The molecule has 1 aromatic rings. The van der Waals surface area contributed by atoms with E-state index in [1.165, 1.54) is 12.1 Å². The third-order valence-corrected chi connectivity index (χ3v) is 5.62. The third kappa shape index (κ3) is 2.65. The molecule has 22 heavy (non-hydrogen) atoms. The number of halogens is 1. The highest BCUT2D eigenvalue weighted by atomic mass is 19.1. The maximum absolute atomic E-state index is 13.0. The van der Waals surface area contributed by atoms with E-state index in [0.717, 1.165) is 50.8 Å². The van der Waals surface area contributed by atoms with E-state index in [1.807, 2.05) is 0 Å². The van der Waals surface area contributed by atoms with Gasteiger partial charge in [0.2, 0.25) is 5.91 Å². The molecule has 1 unspecified atom stereocenters. The average molecular weight is 302 g/mol. The van der Waals surface area contributed by atoms with Gasteiger partial charge in [-0.25, -0.2) is 4.39 Å². The first-order valence-corrected chi connectivity index (χ1v) is 8.44. The number of amides is 1. The molecule has 4 heteroatoms. The lowest BCUT2D eigenvalue weighted by molar-refractivity contribution is -0.134. The monoisotopic (exact) mass is 302 g/mol. The number of carbonyl (C=O) groups excluding carboxylic acids is 1. The zero-order valence-electron chi connectivity index (χ0n) is 12.9. The number of nitrogens with one attached hydrogen (secondary N) is 1. The average Bonchev–Trinajstić information content (AvgIpc) is 3.44. The van der Waals surface area contributed by atoms with Gasteiger partial charge in [-0.05, 0) is 68.3 Å². The predicted molar refractivity (Wildman–Crippen MR) is 82.6 cm³/mol. The molecule has 2 aliphatic carbocycles. The van der Waals surface area contributed by atoms with Crippen molar-refractivity contribution in [3.63, 3.8) is 0 Å². The van der Waals surface area contributed by atoms with E-state index < -0.39 is 0 Å². The normalized spacial score (nSPS) is 26.0. The van der Waals surface area contributed by atoms with Gasteiger partial charge in [-0.15, -0.1) is 0 Å². The molecule has 1 amide bonds. The van der Waals surface area contributed by atoms with E-state index in [1.54, 1.807) is 12.1 Å². The lowest BCUT2D eigenvalue weighted by atomic mass is 9.91. The SMILES string of the molecule is O=C(C1CC12CCNCC2)N(Cc1ccc(F)cc1)C1CC1. The van der Waals surface area contributed by atoms with Crippen molar-refractivity contribution in [1.29, 1.82) is 0 Å². The molecule has 1 aromatic carbocycles. The molecule has 3 aliphatic rings. The first-order valence-electron chi connectivity index (χ1n) is 8.44. The lowest BCUT2D eigenvalue weighted by Crippen LogP contribution is -2.37. The molecule has 1 N–H and O–H groups in total. The highest BCUT2D eigenvalue weighted by Crippen LogP contribution is 2.59. The summed E-state index contributed by atoms with van der Waals surface area (Å²) in [5.41, 5.74) is 1.32. The van der Waals surface area contributed by atoms with Crippen LogP contribution in [0, 0.1) is 17.2 Å². The number of rotatable bonds is 4. The summed E-state index contributed by atoms with van der Waals surface area (Å²) in [5, 5.41) is 3.39. The maximum Gasteiger partial charge on any atom is 0.226 e. The fourth-order valence-corrected chi connectivity index (χ4v) is 3.93. The van der Waals surface area contributed by atoms with Crippen LogP contribution in [-0.2, 0) is 11.3 Å². The van der Waals surface area contributed by atoms with Gasteiger partial charge < -0.3 is 10.2 Å². The largest absolute Gasteiger partial charge is 0.335 e. The fraction of sp³-hybridized carbons (Fsp3) is 0.611. The Morgan fingerprint density at radius 2 is 1.91 bits per heavy atom. The molecule has 0 aromatic heterocycles. The van der Waals surface area contributed by atoms with Gasteiger partial charge in [0.05, 0.1) is 0 Å². The number of hydrogen-bond acceptors (Lipinski definition) is 2. The van der Waals surface area contributed by atoms with Crippen LogP contribution >= 0.6 is 0 Å². The molecular weight excluding hydrogens is 279 g/mol. The highest BCUT2D eigenvalue weighted by Gasteiger charge is 2.59. The molecule has 1 heterocycles. The Balaban J connectivity index is 1.46. The van der Waals surface area contributed by atoms with Crippen LogP contribution < -0.4 is 5.32 Å². The molecule has 4 rings (SSSR count). The molecule has 1 spiro atoms. The van der Waals surface area contributed by atoms with E-state index in [9.17, 15) is 9.18 Å². The molecule has 1 aliphatic heterocycles. The van der Waals surface area contributed by atoms with Crippen LogP contribution in [0.2, 0.25) is 0 Å². The molecule has 2 saturated carbocycles. The molecule has 0 radical (unpaired) electrons. The number of piperidine rings is 1. The van der Waals surface area contributed by atoms with E-state index in [4.69, 9.17) is 0 Å². The Kier molecular flexibility index (Phi) is 3.44. The standard InChI is InChI=1S/C18H23FN2O/c19-14-3-1-13(2-4-14)12-21(15-5-6-15)17(22)16-11-18(16)7-9-20-10-8-18/h1-4,15-16,20H,5-12H2. The van der Waals surface area contributed by atoms with Gasteiger partial charge in [-0.2, -0.15) is 0 Å². The smallest absolute Gasteiger partial charge is 0.226 e. The van der Waals surface area contributed by atoms with Crippen molar-refractivity contribution in [3.8, 4) is 0 Å². The molecular formula is C18H23FN2O. The van der Waals surface area contributed by atoms with Gasteiger partial charge in [0, 0.05) is 18.5 Å². The molecule has 1 atom stereocenters. The first-order chi connectivity index (χ1) is 10.7. The van der Waals surface area contributed by atoms with E-state index in [-0.39, 0.29) is 17.2 Å². The summed E-state index contributed by atoms with van der Waals surface area (Å²) in [6.07, 6.45) is 5.58. The van der Waals surface area contributed by atoms with E-state index in [2.05, 4.69) is 10.2 Å². The van der Waals surface area contributed by atoms with Crippen molar-refractivity contribution in [2.75, 3.05) is 13.1 Å². The Bertz CT molecular complexity index is 561. The van der Waals surface area contributed by atoms with Crippen molar-refractivity contribution in [3.05, 3.63) is 35.6 Å². The van der Waals surface area contributed by atoms with Crippen LogP contribution in [0.15, 0.2) is 24.3 Å². The van der Waals surface area contributed by atoms with Crippen molar-refractivity contribution in [2.24, 2.45) is 11.3 Å². The minimum Gasteiger partial charge on any atom is -0.335 e. The second-order valence-corrected chi connectivity index (χ2v) is 7.19. The summed E-state index contributed by atoms with van der Waals surface area (Å²) in [5.74, 6) is 0.355. The number of nitrogens with zero attached hydrogens (tertiary/aromatic N) is 1. The fourth-order valence-electron chi connectivity index (χ4n) is 3.93. The van der Waals surface area contributed by atoms with Crippen molar-refractivity contribution in [1.82, 2.24) is 10.2 Å². The zero-order valence-corrected chi connectivity index (χ0v) is 12.9. The highest BCUT2D eigenvalue weighted by molar-refractivity contribution is 5.83. The first kappa shape index (κ1) is 14.2. The van der Waals surface area contributed by atoms with Gasteiger partial charge in [0.15, 0.2) is 0 Å². The summed E-state index contributed by atoms with van der Waals surface area (Å²) in [7, 11) is 0. The molecule has 0 bridgehead atoms. The second kappa shape index (κ2) is 5.34. The van der Waals surface area contributed by atoms with E-state index >= 15 is 0 Å². The Hall–Kier alpha value is -1.42. The van der Waals surface area contributed by atoms with Crippen LogP contribution in [0.25, 0.3) is 0 Å². The topological polar surface area (TPSA) is 32.3 Å². The Morgan fingerprint density at radius 3 is 2.55 bits per heavy atom. The van der Waals surface area contributed by atoms with Crippen molar-refractivity contribution >= 4 is 5.91 Å². The number of benzene rings is 1. The van der Waals surface area contributed by atoms with Gasteiger partial charge in [0.1, 0.15) is 5.82 Å². The van der Waals surface area contributed by atoms with Gasteiger partial charge >= 0.3 is 0 Å². The predicted octanol–water partition coefficient (Wildman–Crippen LogP) is 2.71. The van der Waals surface area contributed by atoms with Crippen molar-refractivity contribution in [2.45, 2.75) is 44.7 Å². The van der Waals surface area contributed by atoms with Crippen LogP contribution in [0.4, 0.5) is 4.39 Å². The minimum absolute atomic E-state index is 0.219. The maximum atomic E-state index is 13.0. The quantitative estimate of drug-likeness (QED) is 0.927.